The van der Waals surface area contributed by atoms with Gasteiger partial charge in [-0.2, -0.15) is 9.78 Å². The molecular formula is C9H17O8-. The molecule has 0 fully saturated rings. The van der Waals surface area contributed by atoms with E-state index < -0.39 is 17.9 Å². The molecule has 1 atom stereocenters. The number of carbonyl (C=O) groups is 1. The van der Waals surface area contributed by atoms with Crippen molar-refractivity contribution in [3.63, 3.8) is 0 Å². The van der Waals surface area contributed by atoms with Gasteiger partial charge in [-0.3, -0.25) is 0 Å². The van der Waals surface area contributed by atoms with Gasteiger partial charge in [0.1, 0.15) is 6.10 Å². The summed E-state index contributed by atoms with van der Waals surface area (Å²) >= 11 is 0. The predicted octanol–water partition coefficient (Wildman–Crippen LogP) is -0.665. The number of carboxylic acids is 1. The van der Waals surface area contributed by atoms with Crippen molar-refractivity contribution >= 4 is 5.97 Å². The van der Waals surface area contributed by atoms with Crippen LogP contribution in [0.1, 0.15) is 19.8 Å². The highest BCUT2D eigenvalue weighted by atomic mass is 17.3. The molecule has 0 bridgehead atoms. The second-order valence-electron chi connectivity index (χ2n) is 3.30. The van der Waals surface area contributed by atoms with Gasteiger partial charge in [0.2, 0.25) is 5.79 Å². The molecule has 0 saturated carbocycles. The van der Waals surface area contributed by atoms with E-state index in [1.54, 1.807) is 0 Å². The molecule has 0 N–H and O–H groups in total. The van der Waals surface area contributed by atoms with Crippen molar-refractivity contribution in [3.8, 4) is 0 Å². The zero-order valence-electron chi connectivity index (χ0n) is 10.3. The van der Waals surface area contributed by atoms with E-state index in [-0.39, 0.29) is 12.8 Å². The maximum atomic E-state index is 10.5. The van der Waals surface area contributed by atoms with Crippen LogP contribution in [0.4, 0.5) is 0 Å². The molecule has 0 radical (unpaired) electrons. The summed E-state index contributed by atoms with van der Waals surface area (Å²) in [6.45, 7) is 1.49. The molecule has 0 spiro atoms. The van der Waals surface area contributed by atoms with E-state index in [9.17, 15) is 9.90 Å². The van der Waals surface area contributed by atoms with Gasteiger partial charge in [-0.25, -0.2) is 19.6 Å². The summed E-state index contributed by atoms with van der Waals surface area (Å²) in [5.74, 6) is -2.62. The first-order valence-electron chi connectivity index (χ1n) is 4.80. The molecule has 0 rings (SSSR count). The zero-order chi connectivity index (χ0) is 13.3. The maximum Gasteiger partial charge on any atom is 0.233 e. The van der Waals surface area contributed by atoms with Crippen LogP contribution in [0.5, 0.6) is 0 Å². The van der Waals surface area contributed by atoms with Gasteiger partial charge >= 0.3 is 0 Å². The minimum atomic E-state index is -1.33. The standard InChI is InChI=1S/C9H18O8/c1-9(16-13-3,17-14-4)6-7(15-12-2)5-8(10)11/h7H,5-6H2,1-4H3,(H,10,11)/p-1. The molecule has 102 valence electrons. The van der Waals surface area contributed by atoms with Crippen LogP contribution >= 0.6 is 0 Å². The van der Waals surface area contributed by atoms with Crippen molar-refractivity contribution in [2.24, 2.45) is 0 Å². The van der Waals surface area contributed by atoms with E-state index >= 15 is 0 Å². The third-order valence-corrected chi connectivity index (χ3v) is 1.74. The predicted molar refractivity (Wildman–Crippen MR) is 50.7 cm³/mol. The first-order valence-corrected chi connectivity index (χ1v) is 4.80. The highest BCUT2D eigenvalue weighted by Crippen LogP contribution is 2.23. The van der Waals surface area contributed by atoms with Crippen molar-refractivity contribution in [3.05, 3.63) is 0 Å². The van der Waals surface area contributed by atoms with Crippen molar-refractivity contribution in [2.75, 3.05) is 21.3 Å². The highest BCUT2D eigenvalue weighted by Gasteiger charge is 2.34. The van der Waals surface area contributed by atoms with Gasteiger partial charge < -0.3 is 9.90 Å². The normalized spacial score (nSPS) is 13.6. The molecule has 0 amide bonds. The largest absolute Gasteiger partial charge is 0.550 e. The number of hydrogen-bond acceptors (Lipinski definition) is 8. The van der Waals surface area contributed by atoms with Crippen LogP contribution in [0.3, 0.4) is 0 Å². The Hall–Kier alpha value is -0.770. The molecule has 0 aromatic heterocycles. The second kappa shape index (κ2) is 8.34. The summed E-state index contributed by atoms with van der Waals surface area (Å²) < 4.78 is 0. The third kappa shape index (κ3) is 7.21. The Morgan fingerprint density at radius 2 is 1.71 bits per heavy atom. The molecule has 0 aliphatic rings. The topological polar surface area (TPSA) is 95.5 Å². The summed E-state index contributed by atoms with van der Waals surface area (Å²) in [6, 6.07) is 0. The zero-order valence-corrected chi connectivity index (χ0v) is 10.3. The Kier molecular flexibility index (Phi) is 7.96. The summed E-state index contributed by atoms with van der Waals surface area (Å²) in [7, 11) is 3.82. The molecule has 0 aromatic carbocycles. The van der Waals surface area contributed by atoms with Gasteiger partial charge in [-0.05, 0) is 6.92 Å². The summed E-state index contributed by atoms with van der Waals surface area (Å²) in [6.07, 6.45) is -1.22. The van der Waals surface area contributed by atoms with E-state index in [4.69, 9.17) is 14.7 Å². The van der Waals surface area contributed by atoms with Gasteiger partial charge in [0, 0.05) is 18.8 Å². The fourth-order valence-electron chi connectivity index (χ4n) is 1.31. The highest BCUT2D eigenvalue weighted by molar-refractivity contribution is 5.64. The number of rotatable bonds is 10. The number of aliphatic carboxylic acids is 1. The van der Waals surface area contributed by atoms with E-state index in [0.717, 1.165) is 0 Å². The van der Waals surface area contributed by atoms with Crippen LogP contribution in [-0.4, -0.2) is 39.2 Å². The molecule has 0 heterocycles. The third-order valence-electron chi connectivity index (χ3n) is 1.74. The first kappa shape index (κ1) is 16.2. The summed E-state index contributed by atoms with van der Waals surface area (Å²) in [5, 5.41) is 10.5. The minimum Gasteiger partial charge on any atom is -0.550 e. The van der Waals surface area contributed by atoms with Gasteiger partial charge in [0.15, 0.2) is 0 Å². The fraction of sp³-hybridized carbons (Fsp3) is 0.889. The summed E-state index contributed by atoms with van der Waals surface area (Å²) in [5.41, 5.74) is 0. The SMILES string of the molecule is COOC(CC(=O)[O-])CC(C)(OOC)OOC. The average Bonchev–Trinajstić information content (AvgIpc) is 2.16. The molecule has 17 heavy (non-hydrogen) atoms. The van der Waals surface area contributed by atoms with Crippen LogP contribution in [0, 0.1) is 0 Å². The Labute approximate surface area is 99.1 Å². The van der Waals surface area contributed by atoms with Gasteiger partial charge in [0.25, 0.3) is 0 Å². The number of hydrogen-bond donors (Lipinski definition) is 0. The Bertz CT molecular complexity index is 213. The lowest BCUT2D eigenvalue weighted by atomic mass is 10.1. The maximum absolute atomic E-state index is 10.5. The molecule has 0 aromatic rings. The van der Waals surface area contributed by atoms with Crippen molar-refractivity contribution in [1.29, 1.82) is 0 Å². The Balaban J connectivity index is 4.48. The van der Waals surface area contributed by atoms with Crippen LogP contribution in [0.25, 0.3) is 0 Å². The van der Waals surface area contributed by atoms with E-state index in [0.29, 0.717) is 0 Å². The van der Waals surface area contributed by atoms with Crippen LogP contribution in [0.15, 0.2) is 0 Å². The lowest BCUT2D eigenvalue weighted by Crippen LogP contribution is -2.39. The van der Waals surface area contributed by atoms with Gasteiger partial charge in [-0.15, -0.1) is 0 Å². The Morgan fingerprint density at radius 1 is 1.18 bits per heavy atom. The van der Waals surface area contributed by atoms with Gasteiger partial charge in [-0.1, -0.05) is 0 Å². The van der Waals surface area contributed by atoms with Crippen molar-refractivity contribution in [1.82, 2.24) is 0 Å². The van der Waals surface area contributed by atoms with Crippen LogP contribution < -0.4 is 5.11 Å². The molecule has 0 aliphatic carbocycles. The molecule has 8 nitrogen and oxygen atoms in total. The molecule has 8 heteroatoms. The van der Waals surface area contributed by atoms with Crippen molar-refractivity contribution < 1.29 is 39.2 Å². The molecule has 0 aliphatic heterocycles. The Morgan fingerprint density at radius 3 is 2.06 bits per heavy atom. The lowest BCUT2D eigenvalue weighted by molar-refractivity contribution is -0.501. The quantitative estimate of drug-likeness (QED) is 0.287. The van der Waals surface area contributed by atoms with Crippen LogP contribution in [-0.2, 0) is 34.1 Å². The lowest BCUT2D eigenvalue weighted by Gasteiger charge is -2.28. The van der Waals surface area contributed by atoms with E-state index in [2.05, 4.69) is 14.7 Å². The van der Waals surface area contributed by atoms with E-state index in [1.165, 1.54) is 28.3 Å². The minimum absolute atomic E-state index is 0.00347. The molecule has 0 saturated heterocycles. The second-order valence-corrected chi connectivity index (χ2v) is 3.30. The van der Waals surface area contributed by atoms with Gasteiger partial charge in [0.05, 0.1) is 21.3 Å². The average molecular weight is 253 g/mol. The molecular weight excluding hydrogens is 236 g/mol. The first-order chi connectivity index (χ1) is 7.97. The monoisotopic (exact) mass is 253 g/mol. The fourth-order valence-corrected chi connectivity index (χ4v) is 1.31. The molecule has 1 unspecified atom stereocenters. The number of carbonyl (C=O) groups excluding carboxylic acids is 1. The van der Waals surface area contributed by atoms with E-state index in [1.807, 2.05) is 0 Å². The summed E-state index contributed by atoms with van der Waals surface area (Å²) in [4.78, 5) is 38.3. The smallest absolute Gasteiger partial charge is 0.233 e. The van der Waals surface area contributed by atoms with Crippen LogP contribution in [0.2, 0.25) is 0 Å². The number of carboxylic acid groups (broad SMARTS) is 1. The van der Waals surface area contributed by atoms with Crippen molar-refractivity contribution in [2.45, 2.75) is 31.7 Å².